The van der Waals surface area contributed by atoms with Crippen LogP contribution < -0.4 is 10.1 Å². The zero-order valence-corrected chi connectivity index (χ0v) is 19.9. The molecule has 2 aromatic carbocycles. The SMILES string of the molecule is CC[C@@H](C(=O)NC(C)(C)C)N(Cc1cccc(C)c1)C(=O)COc1ccc(C)cc1C. The highest BCUT2D eigenvalue weighted by Crippen LogP contribution is 2.20. The van der Waals surface area contributed by atoms with Crippen molar-refractivity contribution >= 4 is 11.8 Å². The van der Waals surface area contributed by atoms with Gasteiger partial charge in [-0.1, -0.05) is 54.4 Å². The van der Waals surface area contributed by atoms with Gasteiger partial charge < -0.3 is 15.0 Å². The third-order valence-corrected chi connectivity index (χ3v) is 5.00. The Labute approximate surface area is 186 Å². The van der Waals surface area contributed by atoms with Gasteiger partial charge in [0.2, 0.25) is 5.91 Å². The number of amides is 2. The molecule has 1 atom stereocenters. The Balaban J connectivity index is 2.26. The maximum atomic E-state index is 13.3. The lowest BCUT2D eigenvalue weighted by molar-refractivity contribution is -0.143. The maximum Gasteiger partial charge on any atom is 0.261 e. The molecule has 1 N–H and O–H groups in total. The van der Waals surface area contributed by atoms with E-state index in [1.807, 2.05) is 90.9 Å². The number of carbonyl (C=O) groups excluding carboxylic acids is 2. The van der Waals surface area contributed by atoms with E-state index in [9.17, 15) is 9.59 Å². The van der Waals surface area contributed by atoms with Crippen LogP contribution in [0.1, 0.15) is 56.4 Å². The van der Waals surface area contributed by atoms with Crippen molar-refractivity contribution in [1.82, 2.24) is 10.2 Å². The summed E-state index contributed by atoms with van der Waals surface area (Å²) in [4.78, 5) is 27.9. The van der Waals surface area contributed by atoms with Crippen LogP contribution in [-0.2, 0) is 16.1 Å². The van der Waals surface area contributed by atoms with E-state index in [4.69, 9.17) is 4.74 Å². The fourth-order valence-corrected chi connectivity index (χ4v) is 3.56. The molecule has 0 aliphatic carbocycles. The average molecular weight is 425 g/mol. The zero-order chi connectivity index (χ0) is 23.2. The molecule has 31 heavy (non-hydrogen) atoms. The molecule has 0 spiro atoms. The third-order valence-electron chi connectivity index (χ3n) is 5.00. The smallest absolute Gasteiger partial charge is 0.261 e. The summed E-state index contributed by atoms with van der Waals surface area (Å²) in [7, 11) is 0. The van der Waals surface area contributed by atoms with Crippen LogP contribution in [0.25, 0.3) is 0 Å². The molecule has 0 heterocycles. The second-order valence-electron chi connectivity index (χ2n) is 9.23. The van der Waals surface area contributed by atoms with Crippen molar-refractivity contribution in [3.63, 3.8) is 0 Å². The largest absolute Gasteiger partial charge is 0.483 e. The van der Waals surface area contributed by atoms with Crippen molar-refractivity contribution in [3.8, 4) is 5.75 Å². The van der Waals surface area contributed by atoms with E-state index in [1.165, 1.54) is 0 Å². The Kier molecular flexibility index (Phi) is 8.26. The summed E-state index contributed by atoms with van der Waals surface area (Å²) in [5, 5.41) is 3.02. The van der Waals surface area contributed by atoms with Gasteiger partial charge in [-0.2, -0.15) is 0 Å². The summed E-state index contributed by atoms with van der Waals surface area (Å²) in [6.07, 6.45) is 0.517. The first kappa shape index (κ1) is 24.4. The molecule has 0 saturated carbocycles. The van der Waals surface area contributed by atoms with Gasteiger partial charge in [-0.3, -0.25) is 9.59 Å². The van der Waals surface area contributed by atoms with Crippen molar-refractivity contribution in [2.24, 2.45) is 0 Å². The quantitative estimate of drug-likeness (QED) is 0.667. The number of hydrogen-bond donors (Lipinski definition) is 1. The van der Waals surface area contributed by atoms with Gasteiger partial charge in [0.05, 0.1) is 0 Å². The number of hydrogen-bond acceptors (Lipinski definition) is 3. The lowest BCUT2D eigenvalue weighted by atomic mass is 10.1. The number of nitrogens with zero attached hydrogens (tertiary/aromatic N) is 1. The average Bonchev–Trinajstić information content (AvgIpc) is 2.65. The summed E-state index contributed by atoms with van der Waals surface area (Å²) in [6.45, 7) is 14.0. The molecule has 0 aliphatic rings. The molecule has 5 heteroatoms. The van der Waals surface area contributed by atoms with Crippen LogP contribution in [0.2, 0.25) is 0 Å². The van der Waals surface area contributed by atoms with Crippen molar-refractivity contribution in [3.05, 3.63) is 64.7 Å². The molecule has 168 valence electrons. The Morgan fingerprint density at radius 2 is 1.71 bits per heavy atom. The fourth-order valence-electron chi connectivity index (χ4n) is 3.56. The molecule has 0 saturated heterocycles. The molecule has 0 radical (unpaired) electrons. The monoisotopic (exact) mass is 424 g/mol. The number of carbonyl (C=O) groups is 2. The van der Waals surface area contributed by atoms with Gasteiger partial charge >= 0.3 is 0 Å². The Morgan fingerprint density at radius 1 is 1.03 bits per heavy atom. The standard InChI is InChI=1S/C26H36N2O3/c1-8-22(25(30)27-26(5,6)7)28(16-21-11-9-10-18(2)15-21)24(29)17-31-23-13-12-19(3)14-20(23)4/h9-15,22H,8,16-17H2,1-7H3,(H,27,30)/t22-/m0/s1. The van der Waals surface area contributed by atoms with Crippen LogP contribution in [0.15, 0.2) is 42.5 Å². The van der Waals surface area contributed by atoms with Crippen molar-refractivity contribution in [2.75, 3.05) is 6.61 Å². The first-order valence-corrected chi connectivity index (χ1v) is 10.9. The van der Waals surface area contributed by atoms with Crippen LogP contribution in [0, 0.1) is 20.8 Å². The summed E-state index contributed by atoms with van der Waals surface area (Å²) < 4.78 is 5.85. The van der Waals surface area contributed by atoms with Gasteiger partial charge in [0, 0.05) is 12.1 Å². The van der Waals surface area contributed by atoms with E-state index in [1.54, 1.807) is 4.90 Å². The van der Waals surface area contributed by atoms with Crippen LogP contribution in [0.3, 0.4) is 0 Å². The number of benzene rings is 2. The molecule has 2 aromatic rings. The van der Waals surface area contributed by atoms with Crippen molar-refractivity contribution < 1.29 is 14.3 Å². The van der Waals surface area contributed by atoms with Crippen LogP contribution in [-0.4, -0.2) is 34.9 Å². The Bertz CT molecular complexity index is 915. The number of aryl methyl sites for hydroxylation is 3. The zero-order valence-electron chi connectivity index (χ0n) is 19.9. The van der Waals surface area contributed by atoms with Gasteiger partial charge in [0.25, 0.3) is 5.91 Å². The highest BCUT2D eigenvalue weighted by molar-refractivity contribution is 5.88. The maximum absolute atomic E-state index is 13.3. The summed E-state index contributed by atoms with van der Waals surface area (Å²) in [6, 6.07) is 13.3. The van der Waals surface area contributed by atoms with E-state index in [0.29, 0.717) is 18.7 Å². The highest BCUT2D eigenvalue weighted by atomic mass is 16.5. The lowest BCUT2D eigenvalue weighted by Gasteiger charge is -2.33. The van der Waals surface area contributed by atoms with Gasteiger partial charge in [0.1, 0.15) is 11.8 Å². The van der Waals surface area contributed by atoms with Crippen LogP contribution >= 0.6 is 0 Å². The summed E-state index contributed by atoms with van der Waals surface area (Å²) in [5.41, 5.74) is 3.85. The minimum atomic E-state index is -0.574. The summed E-state index contributed by atoms with van der Waals surface area (Å²) in [5.74, 6) is 0.321. The van der Waals surface area contributed by atoms with E-state index in [-0.39, 0.29) is 24.0 Å². The number of ether oxygens (including phenoxy) is 1. The minimum Gasteiger partial charge on any atom is -0.483 e. The van der Waals surface area contributed by atoms with E-state index < -0.39 is 6.04 Å². The van der Waals surface area contributed by atoms with E-state index >= 15 is 0 Å². The molecule has 5 nitrogen and oxygen atoms in total. The molecule has 0 fully saturated rings. The fraction of sp³-hybridized carbons (Fsp3) is 0.462. The molecule has 0 aromatic heterocycles. The third kappa shape index (κ3) is 7.42. The number of nitrogens with one attached hydrogen (secondary N) is 1. The first-order valence-electron chi connectivity index (χ1n) is 10.9. The second-order valence-corrected chi connectivity index (χ2v) is 9.23. The molecule has 0 bridgehead atoms. The lowest BCUT2D eigenvalue weighted by Crippen LogP contribution is -2.54. The first-order chi connectivity index (χ1) is 14.5. The van der Waals surface area contributed by atoms with Crippen LogP contribution in [0.4, 0.5) is 0 Å². The predicted molar refractivity (Wildman–Crippen MR) is 125 cm³/mol. The minimum absolute atomic E-state index is 0.116. The topological polar surface area (TPSA) is 58.6 Å². The molecular formula is C26H36N2O3. The van der Waals surface area contributed by atoms with E-state index in [0.717, 1.165) is 22.3 Å². The van der Waals surface area contributed by atoms with Gasteiger partial charge in [-0.05, 0) is 65.2 Å². The highest BCUT2D eigenvalue weighted by Gasteiger charge is 2.31. The number of rotatable bonds is 8. The molecule has 0 aliphatic heterocycles. The Hall–Kier alpha value is -2.82. The van der Waals surface area contributed by atoms with Crippen molar-refractivity contribution in [2.45, 2.75) is 73.0 Å². The van der Waals surface area contributed by atoms with Gasteiger partial charge in [-0.15, -0.1) is 0 Å². The van der Waals surface area contributed by atoms with Gasteiger partial charge in [0.15, 0.2) is 6.61 Å². The van der Waals surface area contributed by atoms with Crippen molar-refractivity contribution in [1.29, 1.82) is 0 Å². The van der Waals surface area contributed by atoms with E-state index in [2.05, 4.69) is 5.32 Å². The molecule has 0 unspecified atom stereocenters. The summed E-state index contributed by atoms with van der Waals surface area (Å²) >= 11 is 0. The second kappa shape index (κ2) is 10.5. The Morgan fingerprint density at radius 3 is 2.29 bits per heavy atom. The predicted octanol–water partition coefficient (Wildman–Crippen LogP) is 4.71. The normalized spacial score (nSPS) is 12.2. The molecule has 2 rings (SSSR count). The van der Waals surface area contributed by atoms with Gasteiger partial charge in [-0.25, -0.2) is 0 Å². The molecular weight excluding hydrogens is 388 g/mol. The van der Waals surface area contributed by atoms with Crippen LogP contribution in [0.5, 0.6) is 5.75 Å². The molecule has 2 amide bonds.